The third kappa shape index (κ3) is 1.63. The Morgan fingerprint density at radius 1 is 1.40 bits per heavy atom. The summed E-state index contributed by atoms with van der Waals surface area (Å²) in [7, 11) is 0. The molecule has 0 amide bonds. The van der Waals surface area contributed by atoms with Gasteiger partial charge in [-0.15, -0.1) is 0 Å². The van der Waals surface area contributed by atoms with E-state index in [9.17, 15) is 0 Å². The first-order valence-corrected chi connectivity index (χ1v) is 5.35. The van der Waals surface area contributed by atoms with Crippen LogP contribution < -0.4 is 10.5 Å². The minimum absolute atomic E-state index is 0. The molecule has 2 heteroatoms. The molecule has 1 fully saturated rings. The molecule has 0 saturated heterocycles. The largest absolute Gasteiger partial charge is 0.493 e. The van der Waals surface area contributed by atoms with Crippen molar-refractivity contribution in [1.29, 1.82) is 0 Å². The molecule has 1 aromatic carbocycles. The van der Waals surface area contributed by atoms with E-state index in [1.54, 1.807) is 0 Å². The maximum Gasteiger partial charge on any atom is 0.122 e. The predicted octanol–water partition coefficient (Wildman–Crippen LogP) is 2.13. The summed E-state index contributed by atoms with van der Waals surface area (Å²) >= 11 is 0. The fourth-order valence-corrected chi connectivity index (χ4v) is 2.48. The summed E-state index contributed by atoms with van der Waals surface area (Å²) in [5.41, 5.74) is 8.61. The van der Waals surface area contributed by atoms with Gasteiger partial charge in [0.1, 0.15) is 5.75 Å². The van der Waals surface area contributed by atoms with E-state index >= 15 is 0 Å². The monoisotopic (exact) mass is 204 g/mol. The first kappa shape index (κ1) is 10.5. The zero-order chi connectivity index (χ0) is 9.54. The molecule has 1 saturated carbocycles. The highest BCUT2D eigenvalue weighted by molar-refractivity contribution is 5.46. The van der Waals surface area contributed by atoms with Crippen LogP contribution in [0.15, 0.2) is 18.2 Å². The lowest BCUT2D eigenvalue weighted by molar-refractivity contribution is 0.357. The number of ether oxygens (including phenoxy) is 1. The molecule has 0 radical (unpaired) electrons. The highest BCUT2D eigenvalue weighted by atomic mass is 16.5. The third-order valence-electron chi connectivity index (χ3n) is 3.40. The number of rotatable bonds is 2. The van der Waals surface area contributed by atoms with Gasteiger partial charge in [-0.05, 0) is 36.4 Å². The van der Waals surface area contributed by atoms with Crippen LogP contribution in [0.5, 0.6) is 5.75 Å². The minimum Gasteiger partial charge on any atom is -0.493 e. The van der Waals surface area contributed by atoms with Crippen LogP contribution in [0.2, 0.25) is 0 Å². The Labute approximate surface area is 91.4 Å². The van der Waals surface area contributed by atoms with Gasteiger partial charge < -0.3 is 17.9 Å². The number of hydrogen-bond acceptors (Lipinski definition) is 2. The predicted molar refractivity (Wildman–Crippen MR) is 62.0 cm³/mol. The van der Waals surface area contributed by atoms with Crippen LogP contribution in [0.3, 0.4) is 0 Å². The van der Waals surface area contributed by atoms with Crippen LogP contribution in [-0.2, 0) is 6.42 Å². The second-order valence-electron chi connectivity index (χ2n) is 4.26. The second kappa shape index (κ2) is 3.86. The molecule has 1 unspecified atom stereocenters. The van der Waals surface area contributed by atoms with Gasteiger partial charge in [0.15, 0.2) is 0 Å². The zero-order valence-corrected chi connectivity index (χ0v) is 9.20. The maximum atomic E-state index is 5.68. The molecule has 82 valence electrons. The van der Waals surface area contributed by atoms with Crippen molar-refractivity contribution in [2.75, 3.05) is 13.2 Å². The fourth-order valence-electron chi connectivity index (χ4n) is 2.48. The molecule has 2 atom stereocenters. The average molecular weight is 204 g/mol. The fraction of sp³-hybridized carbons (Fsp3) is 0.462. The van der Waals surface area contributed by atoms with Crippen LogP contribution in [0.4, 0.5) is 0 Å². The van der Waals surface area contributed by atoms with Crippen LogP contribution in [0.1, 0.15) is 23.5 Å². The lowest BCUT2D eigenvalue weighted by atomic mass is 10.00. The standard InChI is InChI=1S/C12H15NO.CH3/c13-7-8-6-11(8)9-2-1-3-12-10(9)4-5-14-12;/h1-3,8,11H,4-7,13H2;1H3/q;-1/t8-,11?;/m0./s1. The summed E-state index contributed by atoms with van der Waals surface area (Å²) in [6.07, 6.45) is 2.35. The van der Waals surface area contributed by atoms with E-state index in [0.717, 1.165) is 37.2 Å². The molecule has 3 rings (SSSR count). The highest BCUT2D eigenvalue weighted by Gasteiger charge is 2.39. The van der Waals surface area contributed by atoms with E-state index in [1.165, 1.54) is 17.5 Å². The second-order valence-corrected chi connectivity index (χ2v) is 4.26. The molecule has 1 aliphatic carbocycles. The summed E-state index contributed by atoms with van der Waals surface area (Å²) in [4.78, 5) is 0. The quantitative estimate of drug-likeness (QED) is 0.749. The Morgan fingerprint density at radius 2 is 2.27 bits per heavy atom. The van der Waals surface area contributed by atoms with Crippen molar-refractivity contribution in [1.82, 2.24) is 0 Å². The number of nitrogens with two attached hydrogens (primary N) is 1. The third-order valence-corrected chi connectivity index (χ3v) is 3.40. The first-order valence-electron chi connectivity index (χ1n) is 5.35. The summed E-state index contributed by atoms with van der Waals surface area (Å²) in [5, 5.41) is 0. The lowest BCUT2D eigenvalue weighted by Crippen LogP contribution is -2.02. The van der Waals surface area contributed by atoms with Gasteiger partial charge >= 0.3 is 0 Å². The van der Waals surface area contributed by atoms with Gasteiger partial charge in [0.2, 0.25) is 0 Å². The molecule has 2 nitrogen and oxygen atoms in total. The molecule has 1 aromatic rings. The van der Waals surface area contributed by atoms with E-state index in [0.29, 0.717) is 0 Å². The molecule has 15 heavy (non-hydrogen) atoms. The molecule has 0 spiro atoms. The Morgan fingerprint density at radius 3 is 3.00 bits per heavy atom. The Hall–Kier alpha value is -1.02. The molecular formula is C13H18NO-. The van der Waals surface area contributed by atoms with E-state index in [4.69, 9.17) is 10.5 Å². The Balaban J connectivity index is 0.000000853. The van der Waals surface area contributed by atoms with Crippen molar-refractivity contribution in [3.63, 3.8) is 0 Å². The van der Waals surface area contributed by atoms with Crippen molar-refractivity contribution in [2.45, 2.75) is 18.8 Å². The Kier molecular flexibility index (Phi) is 2.70. The van der Waals surface area contributed by atoms with E-state index in [2.05, 4.69) is 18.2 Å². The molecule has 0 bridgehead atoms. The van der Waals surface area contributed by atoms with E-state index in [-0.39, 0.29) is 7.43 Å². The highest BCUT2D eigenvalue weighted by Crippen LogP contribution is 2.49. The maximum absolute atomic E-state index is 5.68. The van der Waals surface area contributed by atoms with Gasteiger partial charge in [-0.25, -0.2) is 0 Å². The number of fused-ring (bicyclic) bond motifs is 1. The van der Waals surface area contributed by atoms with E-state index in [1.807, 2.05) is 0 Å². The van der Waals surface area contributed by atoms with Crippen molar-refractivity contribution in [3.8, 4) is 5.75 Å². The number of hydrogen-bond donors (Lipinski definition) is 1. The molecule has 2 aliphatic rings. The summed E-state index contributed by atoms with van der Waals surface area (Å²) in [6, 6.07) is 6.42. The number of benzene rings is 1. The molecule has 2 N–H and O–H groups in total. The smallest absolute Gasteiger partial charge is 0.122 e. The zero-order valence-electron chi connectivity index (χ0n) is 9.20. The van der Waals surface area contributed by atoms with Crippen molar-refractivity contribution in [2.24, 2.45) is 11.7 Å². The summed E-state index contributed by atoms with van der Waals surface area (Å²) in [5.74, 6) is 2.55. The van der Waals surface area contributed by atoms with Crippen molar-refractivity contribution < 1.29 is 4.74 Å². The van der Waals surface area contributed by atoms with Gasteiger partial charge in [0.25, 0.3) is 0 Å². The van der Waals surface area contributed by atoms with Gasteiger partial charge in [-0.2, -0.15) is 0 Å². The van der Waals surface area contributed by atoms with Gasteiger partial charge in [0, 0.05) is 12.0 Å². The van der Waals surface area contributed by atoms with Crippen LogP contribution in [0.25, 0.3) is 0 Å². The topological polar surface area (TPSA) is 35.2 Å². The molecule has 0 aromatic heterocycles. The SMILES string of the molecule is NC[C@@H]1CC1c1cccc2c1CCO2.[CH3-]. The normalized spacial score (nSPS) is 26.5. The van der Waals surface area contributed by atoms with Gasteiger partial charge in [-0.3, -0.25) is 0 Å². The van der Waals surface area contributed by atoms with Gasteiger partial charge in [0.05, 0.1) is 6.61 Å². The summed E-state index contributed by atoms with van der Waals surface area (Å²) < 4.78 is 5.55. The lowest BCUT2D eigenvalue weighted by Gasteiger charge is -2.05. The van der Waals surface area contributed by atoms with Gasteiger partial charge in [-0.1, -0.05) is 12.1 Å². The van der Waals surface area contributed by atoms with Crippen molar-refractivity contribution in [3.05, 3.63) is 36.8 Å². The first-order chi connectivity index (χ1) is 6.90. The van der Waals surface area contributed by atoms with Crippen LogP contribution >= 0.6 is 0 Å². The van der Waals surface area contributed by atoms with Crippen LogP contribution in [-0.4, -0.2) is 13.2 Å². The van der Waals surface area contributed by atoms with Crippen molar-refractivity contribution >= 4 is 0 Å². The molecular weight excluding hydrogens is 186 g/mol. The van der Waals surface area contributed by atoms with Crippen LogP contribution in [0, 0.1) is 13.3 Å². The molecule has 1 heterocycles. The average Bonchev–Trinajstić information content (AvgIpc) is 2.85. The minimum atomic E-state index is 0. The Bertz CT molecular complexity index is 362. The van der Waals surface area contributed by atoms with E-state index < -0.39 is 0 Å². The summed E-state index contributed by atoms with van der Waals surface area (Å²) in [6.45, 7) is 1.68. The molecule has 1 aliphatic heterocycles.